The average molecular weight is 356 g/mol. The first-order chi connectivity index (χ1) is 12.0. The van der Waals surface area contributed by atoms with Crippen molar-refractivity contribution in [3.63, 3.8) is 0 Å². The van der Waals surface area contributed by atoms with Gasteiger partial charge in [-0.2, -0.15) is 5.10 Å². The summed E-state index contributed by atoms with van der Waals surface area (Å²) in [6.45, 7) is 1.20. The highest BCUT2D eigenvalue weighted by Gasteiger charge is 2.12. The summed E-state index contributed by atoms with van der Waals surface area (Å²) in [5, 5.41) is 7.75. The Balaban J connectivity index is 1.81. The normalized spacial score (nSPS) is 10.6. The molecule has 0 bridgehead atoms. The summed E-state index contributed by atoms with van der Waals surface area (Å²) in [5.74, 6) is -0.476. The van der Waals surface area contributed by atoms with Crippen LogP contribution < -0.4 is 10.9 Å². The maximum Gasteiger partial charge on any atom is 0.275 e. The summed E-state index contributed by atoms with van der Waals surface area (Å²) < 4.78 is 1.03. The maximum absolute atomic E-state index is 12.4. The molecule has 6 nitrogen and oxygen atoms in total. The summed E-state index contributed by atoms with van der Waals surface area (Å²) >= 11 is 6.09. The van der Waals surface area contributed by atoms with E-state index in [4.69, 9.17) is 11.6 Å². The number of nitrogens with one attached hydrogen (secondary N) is 1. The monoisotopic (exact) mass is 355 g/mol. The molecular weight excluding hydrogens is 342 g/mol. The van der Waals surface area contributed by atoms with Crippen molar-refractivity contribution in [2.45, 2.75) is 13.5 Å². The molecule has 1 amide bonds. The van der Waals surface area contributed by atoms with Crippen LogP contribution in [0.4, 0.5) is 5.69 Å². The van der Waals surface area contributed by atoms with Gasteiger partial charge in [0.25, 0.3) is 5.56 Å². The number of carbonyl (C=O) groups excluding carboxylic acids is 2. The zero-order valence-electron chi connectivity index (χ0n) is 13.3. The number of carbonyl (C=O) groups is 2. The fraction of sp³-hybridized carbons (Fsp3) is 0.111. The Morgan fingerprint density at radius 3 is 2.36 bits per heavy atom. The quantitative estimate of drug-likeness (QED) is 0.730. The Labute approximate surface area is 148 Å². The Hall–Kier alpha value is -2.99. The first-order valence-corrected chi connectivity index (χ1v) is 7.90. The van der Waals surface area contributed by atoms with E-state index in [1.54, 1.807) is 48.5 Å². The highest BCUT2D eigenvalue weighted by molar-refractivity contribution is 6.34. The standard InChI is InChI=1S/C18H14ClN3O3/c1-11(23)12-6-8-13(9-7-12)20-16(24)10-22-18(25)15-5-3-2-4-14(15)17(19)21-22/h2-9H,10H2,1H3,(H,20,24). The van der Waals surface area contributed by atoms with Crippen molar-refractivity contribution in [2.24, 2.45) is 0 Å². The number of Topliss-reactive ketones (excluding diaryl/α,β-unsaturated/α-hetero) is 1. The van der Waals surface area contributed by atoms with E-state index >= 15 is 0 Å². The molecule has 0 radical (unpaired) electrons. The number of fused-ring (bicyclic) bond motifs is 1. The minimum absolute atomic E-state index is 0.0561. The molecule has 1 heterocycles. The van der Waals surface area contributed by atoms with Crippen molar-refractivity contribution in [2.75, 3.05) is 5.32 Å². The first-order valence-electron chi connectivity index (χ1n) is 7.52. The fourth-order valence-corrected chi connectivity index (χ4v) is 2.68. The highest BCUT2D eigenvalue weighted by atomic mass is 35.5. The molecular formula is C18H14ClN3O3. The van der Waals surface area contributed by atoms with Crippen molar-refractivity contribution in [1.29, 1.82) is 0 Å². The van der Waals surface area contributed by atoms with Gasteiger partial charge in [-0.1, -0.05) is 29.8 Å². The van der Waals surface area contributed by atoms with E-state index in [2.05, 4.69) is 10.4 Å². The van der Waals surface area contributed by atoms with Crippen molar-refractivity contribution in [3.05, 3.63) is 69.6 Å². The van der Waals surface area contributed by atoms with Crippen LogP contribution in [0.5, 0.6) is 0 Å². The molecule has 0 unspecified atom stereocenters. The molecule has 3 aromatic rings. The van der Waals surface area contributed by atoms with E-state index in [1.165, 1.54) is 6.92 Å². The van der Waals surface area contributed by atoms with Crippen LogP contribution >= 0.6 is 11.6 Å². The van der Waals surface area contributed by atoms with Gasteiger partial charge >= 0.3 is 0 Å². The lowest BCUT2D eigenvalue weighted by Crippen LogP contribution is -2.29. The van der Waals surface area contributed by atoms with E-state index < -0.39 is 5.91 Å². The van der Waals surface area contributed by atoms with Gasteiger partial charge < -0.3 is 5.32 Å². The third-order valence-corrected chi connectivity index (χ3v) is 3.97. The van der Waals surface area contributed by atoms with Gasteiger partial charge in [-0.25, -0.2) is 4.68 Å². The van der Waals surface area contributed by atoms with Gasteiger partial charge in [0.15, 0.2) is 10.9 Å². The largest absolute Gasteiger partial charge is 0.324 e. The first kappa shape index (κ1) is 16.9. The van der Waals surface area contributed by atoms with Crippen LogP contribution in [0, 0.1) is 0 Å². The topological polar surface area (TPSA) is 81.1 Å². The summed E-state index contributed by atoms with van der Waals surface area (Å²) in [5.41, 5.74) is 0.689. The van der Waals surface area contributed by atoms with E-state index in [9.17, 15) is 14.4 Å². The predicted octanol–water partition coefficient (Wildman–Crippen LogP) is 2.89. The molecule has 7 heteroatoms. The van der Waals surface area contributed by atoms with Gasteiger partial charge in [0.2, 0.25) is 5.91 Å². The van der Waals surface area contributed by atoms with Crippen molar-refractivity contribution in [3.8, 4) is 0 Å². The zero-order valence-corrected chi connectivity index (χ0v) is 14.1. The van der Waals surface area contributed by atoms with Crippen LogP contribution in [0.1, 0.15) is 17.3 Å². The SMILES string of the molecule is CC(=O)c1ccc(NC(=O)Cn2nc(Cl)c3ccccc3c2=O)cc1. The number of nitrogens with zero attached hydrogens (tertiary/aromatic N) is 2. The van der Waals surface area contributed by atoms with Crippen LogP contribution in [-0.2, 0) is 11.3 Å². The molecule has 25 heavy (non-hydrogen) atoms. The number of amides is 1. The number of benzene rings is 2. The third kappa shape index (κ3) is 3.59. The van der Waals surface area contributed by atoms with Gasteiger partial charge in [-0.05, 0) is 37.3 Å². The van der Waals surface area contributed by atoms with Gasteiger partial charge in [0.05, 0.1) is 5.39 Å². The summed E-state index contributed by atoms with van der Waals surface area (Å²) in [6.07, 6.45) is 0. The van der Waals surface area contributed by atoms with Crippen LogP contribution in [0.15, 0.2) is 53.3 Å². The molecule has 0 atom stereocenters. The molecule has 0 aliphatic carbocycles. The second kappa shape index (κ2) is 6.86. The lowest BCUT2D eigenvalue weighted by atomic mass is 10.1. The molecule has 0 aliphatic rings. The van der Waals surface area contributed by atoms with Crippen LogP contribution in [0.2, 0.25) is 5.15 Å². The summed E-state index contributed by atoms with van der Waals surface area (Å²) in [6, 6.07) is 13.3. The summed E-state index contributed by atoms with van der Waals surface area (Å²) in [4.78, 5) is 35.8. The van der Waals surface area contributed by atoms with Gasteiger partial charge in [0.1, 0.15) is 6.54 Å². The van der Waals surface area contributed by atoms with Crippen molar-refractivity contribution >= 4 is 39.8 Å². The highest BCUT2D eigenvalue weighted by Crippen LogP contribution is 2.17. The van der Waals surface area contributed by atoms with E-state index in [-0.39, 0.29) is 23.0 Å². The molecule has 2 aromatic carbocycles. The number of halogens is 1. The Bertz CT molecular complexity index is 1030. The third-order valence-electron chi connectivity index (χ3n) is 3.69. The smallest absolute Gasteiger partial charge is 0.275 e. The second-order valence-electron chi connectivity index (χ2n) is 5.48. The molecule has 0 fully saturated rings. The average Bonchev–Trinajstić information content (AvgIpc) is 2.60. The molecule has 3 rings (SSSR count). The molecule has 0 saturated heterocycles. The van der Waals surface area contributed by atoms with E-state index in [0.717, 1.165) is 4.68 Å². The molecule has 0 saturated carbocycles. The minimum Gasteiger partial charge on any atom is -0.324 e. The van der Waals surface area contributed by atoms with E-state index in [1.807, 2.05) is 0 Å². The van der Waals surface area contributed by atoms with Gasteiger partial charge in [-0.15, -0.1) is 0 Å². The van der Waals surface area contributed by atoms with E-state index in [0.29, 0.717) is 22.0 Å². The Morgan fingerprint density at radius 1 is 1.08 bits per heavy atom. The Kier molecular flexibility index (Phi) is 4.63. The second-order valence-corrected chi connectivity index (χ2v) is 5.84. The molecule has 1 N–H and O–H groups in total. The van der Waals surface area contributed by atoms with Crippen LogP contribution in [-0.4, -0.2) is 21.5 Å². The predicted molar refractivity (Wildman–Crippen MR) is 96.1 cm³/mol. The van der Waals surface area contributed by atoms with Gasteiger partial charge in [-0.3, -0.25) is 14.4 Å². The number of hydrogen-bond acceptors (Lipinski definition) is 4. The zero-order chi connectivity index (χ0) is 18.0. The minimum atomic E-state index is -0.420. The number of anilines is 1. The van der Waals surface area contributed by atoms with Crippen LogP contribution in [0.3, 0.4) is 0 Å². The maximum atomic E-state index is 12.4. The summed E-state index contributed by atoms with van der Waals surface area (Å²) in [7, 11) is 0. The molecule has 126 valence electrons. The Morgan fingerprint density at radius 2 is 1.72 bits per heavy atom. The van der Waals surface area contributed by atoms with Crippen molar-refractivity contribution in [1.82, 2.24) is 9.78 Å². The van der Waals surface area contributed by atoms with Crippen LogP contribution in [0.25, 0.3) is 10.8 Å². The number of aromatic nitrogens is 2. The molecule has 0 aliphatic heterocycles. The fourth-order valence-electron chi connectivity index (χ4n) is 2.43. The molecule has 1 aromatic heterocycles. The lowest BCUT2D eigenvalue weighted by Gasteiger charge is -2.09. The number of hydrogen-bond donors (Lipinski definition) is 1. The number of ketones is 1. The van der Waals surface area contributed by atoms with Gasteiger partial charge in [0, 0.05) is 16.6 Å². The van der Waals surface area contributed by atoms with Crippen molar-refractivity contribution < 1.29 is 9.59 Å². The number of rotatable bonds is 4. The lowest BCUT2D eigenvalue weighted by molar-refractivity contribution is -0.117. The molecule has 0 spiro atoms.